The molecule has 1 saturated heterocycles. The number of sulfonamides is 1. The molecule has 3 aromatic carbocycles. The van der Waals surface area contributed by atoms with Crippen molar-refractivity contribution in [2.24, 2.45) is 0 Å². The molecule has 1 aliphatic rings. The van der Waals surface area contributed by atoms with E-state index in [0.717, 1.165) is 33.7 Å². The molecule has 1 amide bonds. The minimum Gasteiger partial charge on any atom is -0.353 e. The van der Waals surface area contributed by atoms with Crippen LogP contribution < -0.4 is 10.2 Å². The van der Waals surface area contributed by atoms with Crippen molar-refractivity contribution in [3.63, 3.8) is 0 Å². The van der Waals surface area contributed by atoms with E-state index in [2.05, 4.69) is 36.2 Å². The molecule has 1 N–H and O–H groups in total. The van der Waals surface area contributed by atoms with Crippen LogP contribution in [-0.2, 0) is 14.8 Å². The van der Waals surface area contributed by atoms with Gasteiger partial charge in [-0.25, -0.2) is 18.4 Å². The molecule has 2 heterocycles. The average molecular weight is 530 g/mol. The second-order valence-electron chi connectivity index (χ2n) is 9.64. The SMILES string of the molecule is CC(=O)Nc1ccc(S(=O)(=O)N2CCCN(c3nc4cc(C)c(C)cc4nc3-c3ccccc3)CC2)cc1. The first-order valence-corrected chi connectivity index (χ1v) is 14.1. The van der Waals surface area contributed by atoms with Crippen molar-refractivity contribution in [3.05, 3.63) is 77.9 Å². The Labute approximate surface area is 223 Å². The molecule has 38 heavy (non-hydrogen) atoms. The first-order chi connectivity index (χ1) is 18.2. The predicted molar refractivity (Wildman–Crippen MR) is 151 cm³/mol. The largest absolute Gasteiger partial charge is 0.353 e. The molecule has 0 radical (unpaired) electrons. The highest BCUT2D eigenvalue weighted by Crippen LogP contribution is 2.32. The van der Waals surface area contributed by atoms with Crippen LogP contribution in [0.5, 0.6) is 0 Å². The fourth-order valence-corrected chi connectivity index (χ4v) is 6.19. The zero-order valence-corrected chi connectivity index (χ0v) is 22.6. The Balaban J connectivity index is 1.45. The highest BCUT2D eigenvalue weighted by Gasteiger charge is 2.28. The molecule has 5 rings (SSSR count). The first-order valence-electron chi connectivity index (χ1n) is 12.7. The molecule has 0 saturated carbocycles. The number of aryl methyl sites for hydroxylation is 2. The maximum absolute atomic E-state index is 13.4. The van der Waals surface area contributed by atoms with Gasteiger partial charge in [0.15, 0.2) is 5.82 Å². The van der Waals surface area contributed by atoms with Crippen LogP contribution in [0.1, 0.15) is 24.5 Å². The van der Waals surface area contributed by atoms with Gasteiger partial charge < -0.3 is 10.2 Å². The van der Waals surface area contributed by atoms with Crippen molar-refractivity contribution in [3.8, 4) is 11.3 Å². The molecule has 0 bridgehead atoms. The Morgan fingerprint density at radius 2 is 1.50 bits per heavy atom. The molecule has 0 atom stereocenters. The van der Waals surface area contributed by atoms with Gasteiger partial charge in [-0.15, -0.1) is 0 Å². The predicted octanol–water partition coefficient (Wildman–Crippen LogP) is 4.77. The second kappa shape index (κ2) is 10.5. The zero-order chi connectivity index (χ0) is 26.9. The van der Waals surface area contributed by atoms with Crippen molar-refractivity contribution < 1.29 is 13.2 Å². The van der Waals surface area contributed by atoms with E-state index >= 15 is 0 Å². The number of carbonyl (C=O) groups is 1. The van der Waals surface area contributed by atoms with Crippen LogP contribution in [0.25, 0.3) is 22.3 Å². The summed E-state index contributed by atoms with van der Waals surface area (Å²) >= 11 is 0. The smallest absolute Gasteiger partial charge is 0.243 e. The van der Waals surface area contributed by atoms with Gasteiger partial charge in [0.2, 0.25) is 15.9 Å². The molecule has 0 aliphatic carbocycles. The van der Waals surface area contributed by atoms with Crippen molar-refractivity contribution in [1.29, 1.82) is 0 Å². The summed E-state index contributed by atoms with van der Waals surface area (Å²) in [5, 5.41) is 2.67. The standard InChI is InChI=1S/C29H31N5O3S/c1-20-18-26-27(19-21(20)2)32-29(28(31-26)23-8-5-4-6-9-23)33-14-7-15-34(17-16-33)38(36,37)25-12-10-24(11-13-25)30-22(3)35/h4-6,8-13,18-19H,7,14-17H2,1-3H3,(H,30,35). The fraction of sp³-hybridized carbons (Fsp3) is 0.276. The Bertz CT molecular complexity index is 1590. The van der Waals surface area contributed by atoms with Gasteiger partial charge in [0.1, 0.15) is 5.69 Å². The number of nitrogens with zero attached hydrogens (tertiary/aromatic N) is 4. The van der Waals surface area contributed by atoms with Crippen LogP contribution in [0.2, 0.25) is 0 Å². The van der Waals surface area contributed by atoms with Crippen LogP contribution in [-0.4, -0.2) is 54.8 Å². The lowest BCUT2D eigenvalue weighted by Gasteiger charge is -2.25. The van der Waals surface area contributed by atoms with Gasteiger partial charge in [-0.2, -0.15) is 4.31 Å². The lowest BCUT2D eigenvalue weighted by Crippen LogP contribution is -2.35. The maximum atomic E-state index is 13.4. The summed E-state index contributed by atoms with van der Waals surface area (Å²) < 4.78 is 28.4. The van der Waals surface area contributed by atoms with Crippen molar-refractivity contribution >= 4 is 38.5 Å². The van der Waals surface area contributed by atoms with E-state index in [9.17, 15) is 13.2 Å². The zero-order valence-electron chi connectivity index (χ0n) is 21.8. The summed E-state index contributed by atoms with van der Waals surface area (Å²) in [6, 6.07) is 20.4. The third-order valence-electron chi connectivity index (χ3n) is 6.88. The quantitative estimate of drug-likeness (QED) is 0.400. The molecule has 1 fully saturated rings. The van der Waals surface area contributed by atoms with Gasteiger partial charge in [0.05, 0.1) is 15.9 Å². The van der Waals surface area contributed by atoms with Crippen molar-refractivity contribution in [2.45, 2.75) is 32.1 Å². The van der Waals surface area contributed by atoms with Crippen LogP contribution in [0.3, 0.4) is 0 Å². The van der Waals surface area contributed by atoms with Gasteiger partial charge in [-0.1, -0.05) is 30.3 Å². The van der Waals surface area contributed by atoms with E-state index in [0.29, 0.717) is 38.3 Å². The summed E-state index contributed by atoms with van der Waals surface area (Å²) in [4.78, 5) is 23.7. The molecule has 0 spiro atoms. The van der Waals surface area contributed by atoms with Gasteiger partial charge in [0, 0.05) is 44.4 Å². The fourth-order valence-electron chi connectivity index (χ4n) is 4.72. The molecular weight excluding hydrogens is 498 g/mol. The topological polar surface area (TPSA) is 95.5 Å². The van der Waals surface area contributed by atoms with Crippen molar-refractivity contribution in [2.75, 3.05) is 36.4 Å². The van der Waals surface area contributed by atoms with Gasteiger partial charge >= 0.3 is 0 Å². The second-order valence-corrected chi connectivity index (χ2v) is 11.6. The molecule has 8 nitrogen and oxygen atoms in total. The van der Waals surface area contributed by atoms with E-state index in [1.54, 1.807) is 12.1 Å². The maximum Gasteiger partial charge on any atom is 0.243 e. The van der Waals surface area contributed by atoms with Crippen molar-refractivity contribution in [1.82, 2.24) is 14.3 Å². The molecule has 9 heteroatoms. The van der Waals surface area contributed by atoms with Gasteiger partial charge in [0.25, 0.3) is 0 Å². The number of benzene rings is 3. The summed E-state index contributed by atoms with van der Waals surface area (Å²) in [5.41, 5.74) is 6.33. The first kappa shape index (κ1) is 25.8. The number of aromatic nitrogens is 2. The summed E-state index contributed by atoms with van der Waals surface area (Å²) in [5.74, 6) is 0.566. The number of anilines is 2. The van der Waals surface area contributed by atoms with E-state index in [4.69, 9.17) is 9.97 Å². The van der Waals surface area contributed by atoms with Gasteiger partial charge in [-0.3, -0.25) is 4.79 Å². The number of nitrogens with one attached hydrogen (secondary N) is 1. The van der Waals surface area contributed by atoms with Crippen LogP contribution in [0.4, 0.5) is 11.5 Å². The van der Waals surface area contributed by atoms with E-state index in [1.807, 2.05) is 30.3 Å². The number of fused-ring (bicyclic) bond motifs is 1. The van der Waals surface area contributed by atoms with E-state index in [1.165, 1.54) is 28.9 Å². The number of carbonyl (C=O) groups excluding carboxylic acids is 1. The normalized spacial score (nSPS) is 14.9. The third-order valence-corrected chi connectivity index (χ3v) is 8.79. The highest BCUT2D eigenvalue weighted by molar-refractivity contribution is 7.89. The number of hydrogen-bond donors (Lipinski definition) is 1. The molecule has 196 valence electrons. The minimum absolute atomic E-state index is 0.204. The van der Waals surface area contributed by atoms with E-state index < -0.39 is 10.0 Å². The summed E-state index contributed by atoms with van der Waals surface area (Å²) in [6.07, 6.45) is 0.657. The highest BCUT2D eigenvalue weighted by atomic mass is 32.2. The summed E-state index contributed by atoms with van der Waals surface area (Å²) in [7, 11) is -3.69. The molecule has 4 aromatic rings. The van der Waals surface area contributed by atoms with Crippen LogP contribution in [0.15, 0.2) is 71.6 Å². The minimum atomic E-state index is -3.69. The van der Waals surface area contributed by atoms with E-state index in [-0.39, 0.29) is 10.8 Å². The molecule has 1 aliphatic heterocycles. The molecule has 0 unspecified atom stereocenters. The Kier molecular flexibility index (Phi) is 7.14. The number of amides is 1. The average Bonchev–Trinajstić information content (AvgIpc) is 3.16. The lowest BCUT2D eigenvalue weighted by atomic mass is 10.1. The molecular formula is C29H31N5O3S. The Morgan fingerprint density at radius 3 is 2.16 bits per heavy atom. The molecule has 1 aromatic heterocycles. The Morgan fingerprint density at radius 1 is 0.842 bits per heavy atom. The lowest BCUT2D eigenvalue weighted by molar-refractivity contribution is -0.114. The Hall–Kier alpha value is -3.82. The monoisotopic (exact) mass is 529 g/mol. The van der Waals surface area contributed by atoms with Crippen LogP contribution in [0, 0.1) is 13.8 Å². The number of rotatable bonds is 5. The third kappa shape index (κ3) is 5.25. The van der Waals surface area contributed by atoms with Gasteiger partial charge in [-0.05, 0) is 67.8 Å². The number of hydrogen-bond acceptors (Lipinski definition) is 6. The van der Waals surface area contributed by atoms with Crippen LogP contribution >= 0.6 is 0 Å². The summed E-state index contributed by atoms with van der Waals surface area (Å²) in [6.45, 7) is 7.46.